The topological polar surface area (TPSA) is 83.6 Å². The van der Waals surface area contributed by atoms with Gasteiger partial charge in [0.2, 0.25) is 0 Å². The molecule has 1 aliphatic carbocycles. The van der Waals surface area contributed by atoms with Crippen molar-refractivity contribution in [3.63, 3.8) is 0 Å². The van der Waals surface area contributed by atoms with Crippen molar-refractivity contribution in [3.8, 4) is 0 Å². The molecule has 1 fully saturated rings. The molecule has 0 saturated heterocycles. The maximum atomic E-state index is 10.4. The molecule has 0 radical (unpaired) electrons. The van der Waals surface area contributed by atoms with Gasteiger partial charge in [0, 0.05) is 5.92 Å². The van der Waals surface area contributed by atoms with Gasteiger partial charge in [-0.1, -0.05) is 6.42 Å². The minimum Gasteiger partial charge on any atom is -0.480 e. The molecule has 0 amide bonds. The van der Waals surface area contributed by atoms with Gasteiger partial charge in [0.05, 0.1) is 6.10 Å². The Morgan fingerprint density at radius 3 is 2.55 bits per heavy atom. The summed E-state index contributed by atoms with van der Waals surface area (Å²) in [6, 6.07) is -0.896. The lowest BCUT2D eigenvalue weighted by molar-refractivity contribution is -0.140. The van der Waals surface area contributed by atoms with E-state index in [4.69, 9.17) is 10.8 Å². The van der Waals surface area contributed by atoms with Crippen LogP contribution in [-0.4, -0.2) is 28.3 Å². The van der Waals surface area contributed by atoms with E-state index in [0.717, 1.165) is 12.8 Å². The molecule has 64 valence electrons. The molecule has 0 aromatic rings. The Hall–Kier alpha value is -0.610. The molecule has 0 heterocycles. The number of nitrogens with two attached hydrogens (primary N) is 1. The van der Waals surface area contributed by atoms with Crippen LogP contribution >= 0.6 is 0 Å². The first-order valence-corrected chi connectivity index (χ1v) is 3.79. The van der Waals surface area contributed by atoms with E-state index in [1.165, 1.54) is 0 Å². The molecule has 1 saturated carbocycles. The molecule has 0 spiro atoms. The number of carbonyl (C=O) groups is 1. The number of carboxylic acids is 1. The fourth-order valence-corrected chi connectivity index (χ4v) is 1.57. The molecule has 1 rings (SSSR count). The van der Waals surface area contributed by atoms with Gasteiger partial charge < -0.3 is 15.9 Å². The van der Waals surface area contributed by atoms with Gasteiger partial charge in [0.1, 0.15) is 6.04 Å². The number of hydrogen-bond donors (Lipinski definition) is 3. The second kappa shape index (κ2) is 3.19. The number of carboxylic acid groups (broad SMARTS) is 1. The van der Waals surface area contributed by atoms with E-state index < -0.39 is 18.1 Å². The van der Waals surface area contributed by atoms with Gasteiger partial charge >= 0.3 is 5.97 Å². The lowest BCUT2D eigenvalue weighted by atomic mass is 9.97. The molecule has 11 heavy (non-hydrogen) atoms. The Labute approximate surface area is 65.0 Å². The summed E-state index contributed by atoms with van der Waals surface area (Å²) >= 11 is 0. The zero-order chi connectivity index (χ0) is 8.43. The predicted octanol–water partition coefficient (Wildman–Crippen LogP) is -0.441. The molecule has 4 N–H and O–H groups in total. The highest BCUT2D eigenvalue weighted by Gasteiger charge is 2.33. The van der Waals surface area contributed by atoms with Gasteiger partial charge in [-0.25, -0.2) is 0 Å². The van der Waals surface area contributed by atoms with Crippen LogP contribution in [0.15, 0.2) is 0 Å². The van der Waals surface area contributed by atoms with Crippen molar-refractivity contribution in [2.75, 3.05) is 0 Å². The van der Waals surface area contributed by atoms with Crippen molar-refractivity contribution in [2.45, 2.75) is 31.4 Å². The Bertz CT molecular complexity index is 160. The molecule has 4 heteroatoms. The van der Waals surface area contributed by atoms with Crippen LogP contribution in [0, 0.1) is 5.92 Å². The van der Waals surface area contributed by atoms with Crippen molar-refractivity contribution in [1.82, 2.24) is 0 Å². The summed E-state index contributed by atoms with van der Waals surface area (Å²) in [5.41, 5.74) is 5.35. The summed E-state index contributed by atoms with van der Waals surface area (Å²) in [7, 11) is 0. The summed E-state index contributed by atoms with van der Waals surface area (Å²) in [6.45, 7) is 0. The average molecular weight is 159 g/mol. The summed E-state index contributed by atoms with van der Waals surface area (Å²) in [5, 5.41) is 17.8. The third-order valence-electron chi connectivity index (χ3n) is 2.28. The Morgan fingerprint density at radius 1 is 1.55 bits per heavy atom. The minimum atomic E-state index is -1.02. The smallest absolute Gasteiger partial charge is 0.320 e. The van der Waals surface area contributed by atoms with Crippen LogP contribution in [0.3, 0.4) is 0 Å². The second-order valence-electron chi connectivity index (χ2n) is 3.03. The molecular weight excluding hydrogens is 146 g/mol. The van der Waals surface area contributed by atoms with Crippen molar-refractivity contribution in [3.05, 3.63) is 0 Å². The highest BCUT2D eigenvalue weighted by molar-refractivity contribution is 5.73. The SMILES string of the molecule is N[C@H](C(=O)O)[C@@H]1CCC[C@@H]1O. The van der Waals surface area contributed by atoms with Crippen molar-refractivity contribution >= 4 is 5.97 Å². The van der Waals surface area contributed by atoms with Gasteiger partial charge in [-0.3, -0.25) is 4.79 Å². The van der Waals surface area contributed by atoms with Gasteiger partial charge in [0.25, 0.3) is 0 Å². The van der Waals surface area contributed by atoms with E-state index in [-0.39, 0.29) is 5.92 Å². The molecule has 3 atom stereocenters. The zero-order valence-electron chi connectivity index (χ0n) is 6.23. The minimum absolute atomic E-state index is 0.243. The molecule has 0 aromatic heterocycles. The van der Waals surface area contributed by atoms with Crippen molar-refractivity contribution in [2.24, 2.45) is 11.7 Å². The van der Waals surface area contributed by atoms with Crippen LogP contribution in [-0.2, 0) is 4.79 Å². The number of hydrogen-bond acceptors (Lipinski definition) is 3. The summed E-state index contributed by atoms with van der Waals surface area (Å²) in [5.74, 6) is -1.26. The van der Waals surface area contributed by atoms with Crippen LogP contribution in [0.25, 0.3) is 0 Å². The predicted molar refractivity (Wildman–Crippen MR) is 39.0 cm³/mol. The monoisotopic (exact) mass is 159 g/mol. The first kappa shape index (κ1) is 8.49. The summed E-state index contributed by atoms with van der Waals surface area (Å²) < 4.78 is 0. The fourth-order valence-electron chi connectivity index (χ4n) is 1.57. The number of aliphatic carboxylic acids is 1. The quantitative estimate of drug-likeness (QED) is 0.510. The Balaban J connectivity index is 2.52. The number of aliphatic hydroxyl groups is 1. The Morgan fingerprint density at radius 2 is 2.18 bits per heavy atom. The van der Waals surface area contributed by atoms with E-state index in [2.05, 4.69) is 0 Å². The largest absolute Gasteiger partial charge is 0.480 e. The van der Waals surface area contributed by atoms with E-state index in [9.17, 15) is 9.90 Å². The van der Waals surface area contributed by atoms with Crippen LogP contribution in [0.5, 0.6) is 0 Å². The highest BCUT2D eigenvalue weighted by atomic mass is 16.4. The molecule has 4 nitrogen and oxygen atoms in total. The molecule has 1 aliphatic rings. The first-order valence-electron chi connectivity index (χ1n) is 3.79. The first-order chi connectivity index (χ1) is 5.13. The van der Waals surface area contributed by atoms with Crippen LogP contribution < -0.4 is 5.73 Å². The molecular formula is C7H13NO3. The van der Waals surface area contributed by atoms with Crippen molar-refractivity contribution < 1.29 is 15.0 Å². The van der Waals surface area contributed by atoms with E-state index >= 15 is 0 Å². The standard InChI is InChI=1S/C7H13NO3/c8-6(7(10)11)4-2-1-3-5(4)9/h4-6,9H,1-3,8H2,(H,10,11)/t4-,5+,6+/m1/s1. The summed E-state index contributed by atoms with van der Waals surface area (Å²) in [4.78, 5) is 10.4. The molecule has 0 aromatic carbocycles. The van der Waals surface area contributed by atoms with Crippen LogP contribution in [0.1, 0.15) is 19.3 Å². The van der Waals surface area contributed by atoms with Crippen LogP contribution in [0.2, 0.25) is 0 Å². The highest BCUT2D eigenvalue weighted by Crippen LogP contribution is 2.27. The number of rotatable bonds is 2. The fraction of sp³-hybridized carbons (Fsp3) is 0.857. The maximum absolute atomic E-state index is 10.4. The van der Waals surface area contributed by atoms with Gasteiger partial charge in [-0.2, -0.15) is 0 Å². The molecule has 0 bridgehead atoms. The average Bonchev–Trinajstić information content (AvgIpc) is 2.33. The lowest BCUT2D eigenvalue weighted by Crippen LogP contribution is -2.41. The van der Waals surface area contributed by atoms with Crippen molar-refractivity contribution in [1.29, 1.82) is 0 Å². The van der Waals surface area contributed by atoms with Gasteiger partial charge in [-0.15, -0.1) is 0 Å². The van der Waals surface area contributed by atoms with E-state index in [1.54, 1.807) is 0 Å². The normalized spacial score (nSPS) is 33.6. The van der Waals surface area contributed by atoms with E-state index in [1.807, 2.05) is 0 Å². The molecule has 0 aliphatic heterocycles. The zero-order valence-corrected chi connectivity index (χ0v) is 6.23. The van der Waals surface area contributed by atoms with Crippen LogP contribution in [0.4, 0.5) is 0 Å². The number of aliphatic hydroxyl groups excluding tert-OH is 1. The second-order valence-corrected chi connectivity index (χ2v) is 3.03. The third-order valence-corrected chi connectivity index (χ3v) is 2.28. The van der Waals surface area contributed by atoms with Gasteiger partial charge in [0.15, 0.2) is 0 Å². The molecule has 0 unspecified atom stereocenters. The maximum Gasteiger partial charge on any atom is 0.320 e. The lowest BCUT2D eigenvalue weighted by Gasteiger charge is -2.17. The van der Waals surface area contributed by atoms with Gasteiger partial charge in [-0.05, 0) is 12.8 Å². The third kappa shape index (κ3) is 1.70. The summed E-state index contributed by atoms with van der Waals surface area (Å²) in [6.07, 6.45) is 1.79. The van der Waals surface area contributed by atoms with E-state index in [0.29, 0.717) is 6.42 Å². The Kier molecular flexibility index (Phi) is 2.46.